The normalized spacial score (nSPS) is 23.7. The number of fused-ring (bicyclic) bond motifs is 1. The van der Waals surface area contributed by atoms with E-state index >= 15 is 0 Å². The zero-order valence-corrected chi connectivity index (χ0v) is 15.5. The summed E-state index contributed by atoms with van der Waals surface area (Å²) in [5, 5.41) is 0. The van der Waals surface area contributed by atoms with Crippen molar-refractivity contribution in [1.82, 2.24) is 14.7 Å². The third kappa shape index (κ3) is 3.57. The summed E-state index contributed by atoms with van der Waals surface area (Å²) in [5.41, 5.74) is 0.243. The quantitative estimate of drug-likeness (QED) is 0.828. The number of amides is 3. The molecule has 0 spiro atoms. The van der Waals surface area contributed by atoms with Gasteiger partial charge in [0.05, 0.1) is 5.54 Å². The highest BCUT2D eigenvalue weighted by Crippen LogP contribution is 2.33. The van der Waals surface area contributed by atoms with Crippen LogP contribution >= 0.6 is 0 Å². The van der Waals surface area contributed by atoms with Crippen molar-refractivity contribution in [3.8, 4) is 0 Å². The van der Waals surface area contributed by atoms with Crippen LogP contribution in [0.15, 0.2) is 30.3 Å². The van der Waals surface area contributed by atoms with Crippen LogP contribution < -0.4 is 0 Å². The van der Waals surface area contributed by atoms with Crippen molar-refractivity contribution in [3.05, 3.63) is 35.9 Å². The number of piperazine rings is 1. The average molecular weight is 345 g/mol. The summed E-state index contributed by atoms with van der Waals surface area (Å²) < 4.78 is 5.54. The molecule has 0 N–H and O–H groups in total. The minimum absolute atomic E-state index is 0.0415. The molecule has 0 radical (unpaired) electrons. The van der Waals surface area contributed by atoms with E-state index in [0.29, 0.717) is 26.2 Å². The lowest BCUT2D eigenvalue weighted by Crippen LogP contribution is -2.63. The lowest BCUT2D eigenvalue weighted by Gasteiger charge is -2.46. The first-order chi connectivity index (χ1) is 11.7. The lowest BCUT2D eigenvalue weighted by molar-refractivity contribution is -0.00294. The zero-order chi connectivity index (χ0) is 18.2. The second-order valence-corrected chi connectivity index (χ2v) is 8.08. The summed E-state index contributed by atoms with van der Waals surface area (Å²) in [6.45, 7) is 7.75. The molecule has 2 heterocycles. The summed E-state index contributed by atoms with van der Waals surface area (Å²) in [6.07, 6.45) is 0.421. The van der Waals surface area contributed by atoms with Crippen molar-refractivity contribution < 1.29 is 14.3 Å². The van der Waals surface area contributed by atoms with E-state index in [1.807, 2.05) is 50.9 Å². The largest absolute Gasteiger partial charge is 0.444 e. The number of rotatable bonds is 2. The van der Waals surface area contributed by atoms with Crippen molar-refractivity contribution in [1.29, 1.82) is 0 Å². The van der Waals surface area contributed by atoms with Gasteiger partial charge >= 0.3 is 12.1 Å². The fourth-order valence-electron chi connectivity index (χ4n) is 3.79. The summed E-state index contributed by atoms with van der Waals surface area (Å²) in [4.78, 5) is 30.5. The molecule has 6 nitrogen and oxygen atoms in total. The summed E-state index contributed by atoms with van der Waals surface area (Å²) in [5.74, 6) is 0. The third-order valence-corrected chi connectivity index (χ3v) is 4.77. The van der Waals surface area contributed by atoms with Gasteiger partial charge in [-0.25, -0.2) is 9.59 Å². The number of hydrogen-bond acceptors (Lipinski definition) is 3. The van der Waals surface area contributed by atoms with Gasteiger partial charge in [-0.2, -0.15) is 0 Å². The monoisotopic (exact) mass is 345 g/mol. The molecule has 3 rings (SSSR count). The molecule has 2 fully saturated rings. The first-order valence-electron chi connectivity index (χ1n) is 8.75. The number of carbonyl (C=O) groups is 2. The second-order valence-electron chi connectivity index (χ2n) is 8.08. The highest BCUT2D eigenvalue weighted by molar-refractivity contribution is 5.79. The Kier molecular flexibility index (Phi) is 4.39. The van der Waals surface area contributed by atoms with Gasteiger partial charge in [-0.3, -0.25) is 0 Å². The molecule has 3 amide bonds. The number of carbonyl (C=O) groups excluding carboxylic acids is 2. The second kappa shape index (κ2) is 6.24. The summed E-state index contributed by atoms with van der Waals surface area (Å²) >= 11 is 0. The molecular weight excluding hydrogens is 318 g/mol. The van der Waals surface area contributed by atoms with E-state index in [9.17, 15) is 9.59 Å². The molecule has 0 bridgehead atoms. The molecule has 25 heavy (non-hydrogen) atoms. The van der Waals surface area contributed by atoms with Crippen molar-refractivity contribution >= 4 is 12.1 Å². The van der Waals surface area contributed by atoms with E-state index in [0.717, 1.165) is 6.42 Å². The van der Waals surface area contributed by atoms with E-state index in [-0.39, 0.29) is 12.1 Å². The van der Waals surface area contributed by atoms with Crippen LogP contribution in [0.25, 0.3) is 0 Å². The lowest BCUT2D eigenvalue weighted by atomic mass is 9.87. The standard InChI is InChI=1S/C19H27N3O3/c1-18(2,3)25-17(24)21-10-11-22-16(23)20(4)13-19(22,14-21)12-15-8-6-5-7-9-15/h5-9H,10-14H2,1-4H3. The Morgan fingerprint density at radius 3 is 2.48 bits per heavy atom. The minimum atomic E-state index is -0.525. The van der Waals surface area contributed by atoms with E-state index in [2.05, 4.69) is 12.1 Å². The first kappa shape index (κ1) is 17.6. The van der Waals surface area contributed by atoms with E-state index < -0.39 is 11.1 Å². The van der Waals surface area contributed by atoms with Crippen molar-refractivity contribution in [2.24, 2.45) is 0 Å². The smallest absolute Gasteiger partial charge is 0.410 e. The SMILES string of the molecule is CN1CC2(Cc3ccccc3)CN(C(=O)OC(C)(C)C)CCN2C1=O. The number of urea groups is 1. The van der Waals surface area contributed by atoms with Crippen LogP contribution in [0.4, 0.5) is 9.59 Å². The third-order valence-electron chi connectivity index (χ3n) is 4.77. The Hall–Kier alpha value is -2.24. The highest BCUT2D eigenvalue weighted by Gasteiger charge is 2.52. The predicted molar refractivity (Wildman–Crippen MR) is 95.4 cm³/mol. The van der Waals surface area contributed by atoms with Crippen LogP contribution in [0, 0.1) is 0 Å². The molecule has 2 aliphatic heterocycles. The fourth-order valence-corrected chi connectivity index (χ4v) is 3.79. The van der Waals surface area contributed by atoms with Crippen molar-refractivity contribution in [2.75, 3.05) is 33.2 Å². The van der Waals surface area contributed by atoms with Gasteiger partial charge in [0.15, 0.2) is 0 Å². The van der Waals surface area contributed by atoms with Crippen LogP contribution in [0.2, 0.25) is 0 Å². The van der Waals surface area contributed by atoms with Gasteiger partial charge in [0.1, 0.15) is 5.60 Å². The number of likely N-dealkylation sites (N-methyl/N-ethyl adjacent to an activating group) is 1. The predicted octanol–water partition coefficient (Wildman–Crippen LogP) is 2.59. The number of ether oxygens (including phenoxy) is 1. The van der Waals surface area contributed by atoms with Crippen molar-refractivity contribution in [3.63, 3.8) is 0 Å². The maximum Gasteiger partial charge on any atom is 0.410 e. The van der Waals surface area contributed by atoms with Gasteiger partial charge < -0.3 is 19.4 Å². The van der Waals surface area contributed by atoms with Gasteiger partial charge in [-0.05, 0) is 32.8 Å². The molecule has 1 aromatic rings. The average Bonchev–Trinajstić information content (AvgIpc) is 2.77. The Bertz CT molecular complexity index is 656. The number of benzene rings is 1. The molecule has 2 saturated heterocycles. The zero-order valence-electron chi connectivity index (χ0n) is 15.5. The Labute approximate surface area is 149 Å². The highest BCUT2D eigenvalue weighted by atomic mass is 16.6. The van der Waals surface area contributed by atoms with E-state index in [4.69, 9.17) is 4.74 Å². The van der Waals surface area contributed by atoms with Crippen LogP contribution in [0.1, 0.15) is 26.3 Å². The summed E-state index contributed by atoms with van der Waals surface area (Å²) in [7, 11) is 1.82. The number of nitrogens with zero attached hydrogens (tertiary/aromatic N) is 3. The topological polar surface area (TPSA) is 53.1 Å². The van der Waals surface area contributed by atoms with Crippen molar-refractivity contribution in [2.45, 2.75) is 38.3 Å². The maximum atomic E-state index is 12.6. The fraction of sp³-hybridized carbons (Fsp3) is 0.579. The van der Waals surface area contributed by atoms with Crippen LogP contribution in [0.5, 0.6) is 0 Å². The molecule has 136 valence electrons. The number of hydrogen-bond donors (Lipinski definition) is 0. The molecule has 6 heteroatoms. The molecule has 1 atom stereocenters. The Balaban J connectivity index is 1.84. The molecular formula is C19H27N3O3. The minimum Gasteiger partial charge on any atom is -0.444 e. The van der Waals surface area contributed by atoms with Gasteiger partial charge in [0, 0.05) is 33.2 Å². The molecule has 0 aliphatic carbocycles. The maximum absolute atomic E-state index is 12.6. The van der Waals surface area contributed by atoms with Gasteiger partial charge in [0.25, 0.3) is 0 Å². The van der Waals surface area contributed by atoms with Crippen LogP contribution in [-0.2, 0) is 11.2 Å². The molecule has 2 aliphatic rings. The molecule has 1 aromatic carbocycles. The Morgan fingerprint density at radius 2 is 1.84 bits per heavy atom. The Morgan fingerprint density at radius 1 is 1.16 bits per heavy atom. The van der Waals surface area contributed by atoms with Gasteiger partial charge in [-0.1, -0.05) is 30.3 Å². The van der Waals surface area contributed by atoms with E-state index in [1.165, 1.54) is 5.56 Å². The van der Waals surface area contributed by atoms with Crippen LogP contribution in [-0.4, -0.2) is 71.2 Å². The molecule has 1 unspecified atom stereocenters. The van der Waals surface area contributed by atoms with E-state index in [1.54, 1.807) is 9.80 Å². The van der Waals surface area contributed by atoms with Gasteiger partial charge in [0.2, 0.25) is 0 Å². The molecule has 0 saturated carbocycles. The molecule has 0 aromatic heterocycles. The van der Waals surface area contributed by atoms with Gasteiger partial charge in [-0.15, -0.1) is 0 Å². The summed E-state index contributed by atoms with van der Waals surface area (Å²) in [6, 6.07) is 10.2. The van der Waals surface area contributed by atoms with Crippen LogP contribution in [0.3, 0.4) is 0 Å². The first-order valence-corrected chi connectivity index (χ1v) is 8.75.